The Morgan fingerprint density at radius 1 is 0.727 bits per heavy atom. The molecular weight excluding hydrogens is 404 g/mol. The quantitative estimate of drug-likeness (QED) is 0.144. The number of allylic oxidation sites excluding steroid dienone is 12. The van der Waals surface area contributed by atoms with E-state index in [4.69, 9.17) is 4.74 Å². The Kier molecular flexibility index (Phi) is 16.9. The van der Waals surface area contributed by atoms with Gasteiger partial charge in [0, 0.05) is 6.42 Å². The second-order valence-electron chi connectivity index (χ2n) is 8.12. The minimum atomic E-state index is -0.178. The lowest BCUT2D eigenvalue weighted by molar-refractivity contribution is -0.134. The van der Waals surface area contributed by atoms with Gasteiger partial charge in [0.1, 0.15) is 5.75 Å². The average Bonchev–Trinajstić information content (AvgIpc) is 2.80. The first-order chi connectivity index (χ1) is 16.1. The van der Waals surface area contributed by atoms with Gasteiger partial charge in [-0.3, -0.25) is 4.79 Å². The van der Waals surface area contributed by atoms with Gasteiger partial charge in [-0.25, -0.2) is 0 Å². The van der Waals surface area contributed by atoms with Crippen molar-refractivity contribution in [3.63, 3.8) is 0 Å². The fraction of sp³-hybridized carbons (Fsp3) is 0.387. The number of esters is 1. The van der Waals surface area contributed by atoms with Gasteiger partial charge in [0.15, 0.2) is 0 Å². The molecule has 0 fully saturated rings. The van der Waals surface area contributed by atoms with Gasteiger partial charge < -0.3 is 4.74 Å². The topological polar surface area (TPSA) is 26.3 Å². The summed E-state index contributed by atoms with van der Waals surface area (Å²) in [5.41, 5.74) is 1.07. The minimum absolute atomic E-state index is 0.178. The Morgan fingerprint density at radius 3 is 1.67 bits per heavy atom. The summed E-state index contributed by atoms with van der Waals surface area (Å²) in [5, 5.41) is 0. The molecule has 1 rings (SSSR count). The van der Waals surface area contributed by atoms with Crippen molar-refractivity contribution < 1.29 is 9.53 Å². The minimum Gasteiger partial charge on any atom is -0.426 e. The van der Waals surface area contributed by atoms with Crippen molar-refractivity contribution in [3.8, 4) is 5.75 Å². The lowest BCUT2D eigenvalue weighted by atomic mass is 10.0. The molecule has 0 heterocycles. The number of rotatable bonds is 16. The van der Waals surface area contributed by atoms with Gasteiger partial charge in [-0.15, -0.1) is 0 Å². The molecule has 178 valence electrons. The van der Waals surface area contributed by atoms with E-state index < -0.39 is 0 Å². The summed E-state index contributed by atoms with van der Waals surface area (Å²) in [5.74, 6) is 0.834. The highest BCUT2D eigenvalue weighted by Gasteiger charge is 2.10. The molecule has 0 saturated heterocycles. The van der Waals surface area contributed by atoms with Crippen LogP contribution in [-0.4, -0.2) is 5.97 Å². The summed E-state index contributed by atoms with van der Waals surface area (Å²) < 4.78 is 5.54. The summed E-state index contributed by atoms with van der Waals surface area (Å²) in [6.07, 6.45) is 33.2. The molecule has 1 aromatic carbocycles. The van der Waals surface area contributed by atoms with E-state index in [9.17, 15) is 4.79 Å². The maximum Gasteiger partial charge on any atom is 0.311 e. The maximum atomic E-state index is 12.1. The molecule has 0 atom stereocenters. The first-order valence-corrected chi connectivity index (χ1v) is 12.3. The van der Waals surface area contributed by atoms with Crippen LogP contribution in [0.2, 0.25) is 0 Å². The van der Waals surface area contributed by atoms with E-state index in [0.29, 0.717) is 24.5 Å². The first-order valence-electron chi connectivity index (χ1n) is 12.3. The van der Waals surface area contributed by atoms with Gasteiger partial charge in [-0.2, -0.15) is 0 Å². The van der Waals surface area contributed by atoms with Crippen LogP contribution in [0.25, 0.3) is 0 Å². The molecule has 0 saturated carbocycles. The van der Waals surface area contributed by atoms with E-state index >= 15 is 0 Å². The third kappa shape index (κ3) is 15.6. The van der Waals surface area contributed by atoms with E-state index in [-0.39, 0.29) is 5.97 Å². The summed E-state index contributed by atoms with van der Waals surface area (Å²) in [7, 11) is 0. The predicted molar refractivity (Wildman–Crippen MR) is 144 cm³/mol. The average molecular weight is 447 g/mol. The maximum absolute atomic E-state index is 12.1. The van der Waals surface area contributed by atoms with Crippen molar-refractivity contribution in [2.24, 2.45) is 0 Å². The van der Waals surface area contributed by atoms with Crippen LogP contribution in [-0.2, 0) is 4.79 Å². The number of carbonyl (C=O) groups excluding carboxylic acids is 1. The highest BCUT2D eigenvalue weighted by atomic mass is 16.5. The number of carbonyl (C=O) groups is 1. The predicted octanol–water partition coefficient (Wildman–Crippen LogP) is 9.19. The molecule has 0 spiro atoms. The fourth-order valence-electron chi connectivity index (χ4n) is 3.06. The molecule has 0 radical (unpaired) electrons. The highest BCUT2D eigenvalue weighted by molar-refractivity contribution is 5.73. The Labute approximate surface area is 202 Å². The van der Waals surface area contributed by atoms with Gasteiger partial charge >= 0.3 is 5.97 Å². The number of ether oxygens (including phenoxy) is 1. The second-order valence-corrected chi connectivity index (χ2v) is 8.12. The Bertz CT molecular complexity index is 819. The summed E-state index contributed by atoms with van der Waals surface area (Å²) in [4.78, 5) is 12.1. The van der Waals surface area contributed by atoms with Crippen LogP contribution >= 0.6 is 0 Å². The zero-order valence-electron chi connectivity index (χ0n) is 20.8. The molecule has 0 aliphatic carbocycles. The van der Waals surface area contributed by atoms with E-state index in [1.54, 1.807) is 0 Å². The van der Waals surface area contributed by atoms with Gasteiger partial charge in [0.05, 0.1) is 0 Å². The SMILES string of the molecule is CC/C=C\C/C=C\C/C=C\C/C=C\C/C=C\C/C=C\CCC(=O)Oc1ccccc1C(C)C. The third-order valence-corrected chi connectivity index (χ3v) is 4.88. The molecule has 1 aromatic rings. The van der Waals surface area contributed by atoms with Crippen LogP contribution in [0.15, 0.2) is 97.2 Å². The van der Waals surface area contributed by atoms with Crippen molar-refractivity contribution in [1.82, 2.24) is 0 Å². The number of hydrogen-bond acceptors (Lipinski definition) is 2. The monoisotopic (exact) mass is 446 g/mol. The lowest BCUT2D eigenvalue weighted by Crippen LogP contribution is -2.09. The van der Waals surface area contributed by atoms with Crippen molar-refractivity contribution in [1.29, 1.82) is 0 Å². The molecule has 2 heteroatoms. The fourth-order valence-corrected chi connectivity index (χ4v) is 3.06. The van der Waals surface area contributed by atoms with Gasteiger partial charge in [-0.1, -0.05) is 112 Å². The van der Waals surface area contributed by atoms with E-state index in [1.165, 1.54) is 0 Å². The van der Waals surface area contributed by atoms with Crippen LogP contribution in [0.5, 0.6) is 5.75 Å². The van der Waals surface area contributed by atoms with Gasteiger partial charge in [0.25, 0.3) is 0 Å². The van der Waals surface area contributed by atoms with Crippen molar-refractivity contribution in [3.05, 3.63) is 103 Å². The lowest BCUT2D eigenvalue weighted by Gasteiger charge is -2.12. The normalized spacial score (nSPS) is 12.7. The third-order valence-electron chi connectivity index (χ3n) is 4.88. The standard InChI is InChI=1S/C31H42O2/c1-4-5-6-7-8-9-10-11-12-13-14-15-16-17-18-19-20-21-22-27-31(32)33-30-26-24-23-25-29(30)28(2)3/h5-6,8-9,11-12,14-15,17-18,20-21,23-26,28H,4,7,10,13,16,19,22,27H2,1-3H3/b6-5-,9-8-,12-11-,15-14-,18-17-,21-20-. The summed E-state index contributed by atoms with van der Waals surface area (Å²) in [6.45, 7) is 6.36. The Morgan fingerprint density at radius 2 is 1.18 bits per heavy atom. The highest BCUT2D eigenvalue weighted by Crippen LogP contribution is 2.26. The number of para-hydroxylation sites is 1. The molecule has 0 N–H and O–H groups in total. The second kappa shape index (κ2) is 19.8. The molecule has 0 aromatic heterocycles. The molecule has 0 amide bonds. The van der Waals surface area contributed by atoms with Gasteiger partial charge in [-0.05, 0) is 62.5 Å². The smallest absolute Gasteiger partial charge is 0.311 e. The number of benzene rings is 1. The van der Waals surface area contributed by atoms with Crippen LogP contribution in [0.3, 0.4) is 0 Å². The Balaban J connectivity index is 2.09. The molecule has 33 heavy (non-hydrogen) atoms. The molecule has 0 aliphatic rings. The van der Waals surface area contributed by atoms with Gasteiger partial charge in [0.2, 0.25) is 0 Å². The zero-order chi connectivity index (χ0) is 24.0. The van der Waals surface area contributed by atoms with Crippen molar-refractivity contribution >= 4 is 5.97 Å². The van der Waals surface area contributed by atoms with E-state index in [1.807, 2.05) is 24.3 Å². The largest absolute Gasteiger partial charge is 0.426 e. The molecule has 0 bridgehead atoms. The van der Waals surface area contributed by atoms with E-state index in [2.05, 4.69) is 93.7 Å². The van der Waals surface area contributed by atoms with Crippen molar-refractivity contribution in [2.45, 2.75) is 78.1 Å². The zero-order valence-corrected chi connectivity index (χ0v) is 20.8. The van der Waals surface area contributed by atoms with E-state index in [0.717, 1.165) is 44.1 Å². The molecule has 0 unspecified atom stereocenters. The van der Waals surface area contributed by atoms with Crippen molar-refractivity contribution in [2.75, 3.05) is 0 Å². The molecule has 0 aliphatic heterocycles. The summed E-state index contributed by atoms with van der Waals surface area (Å²) >= 11 is 0. The number of hydrogen-bond donors (Lipinski definition) is 0. The molecular formula is C31H42O2. The summed E-state index contributed by atoms with van der Waals surface area (Å²) in [6, 6.07) is 7.76. The van der Waals surface area contributed by atoms with Crippen LogP contribution < -0.4 is 4.74 Å². The van der Waals surface area contributed by atoms with Crippen LogP contribution in [0, 0.1) is 0 Å². The molecule has 2 nitrogen and oxygen atoms in total. The Hall–Kier alpha value is -2.87. The first kappa shape index (κ1) is 28.2. The van der Waals surface area contributed by atoms with Crippen LogP contribution in [0.4, 0.5) is 0 Å². The van der Waals surface area contributed by atoms with Crippen LogP contribution in [0.1, 0.15) is 83.6 Å².